The minimum absolute atomic E-state index is 0.269. The number of esters is 1. The maximum atomic E-state index is 11.8. The quantitative estimate of drug-likeness (QED) is 0.858. The SMILES string of the molecule is CCOC(=O)C1CC(OC(=O)Nc2ccccc2)CN1C. The summed E-state index contributed by atoms with van der Waals surface area (Å²) in [5.74, 6) is -0.269. The van der Waals surface area contributed by atoms with Crippen molar-refractivity contribution < 1.29 is 19.1 Å². The summed E-state index contributed by atoms with van der Waals surface area (Å²) in [7, 11) is 1.82. The number of nitrogens with one attached hydrogen (secondary N) is 1. The van der Waals surface area contributed by atoms with E-state index in [2.05, 4.69) is 5.32 Å². The molecule has 1 aromatic carbocycles. The fraction of sp³-hybridized carbons (Fsp3) is 0.467. The zero-order chi connectivity index (χ0) is 15.2. The van der Waals surface area contributed by atoms with Crippen molar-refractivity contribution in [2.75, 3.05) is 25.5 Å². The normalized spacial score (nSPS) is 21.8. The van der Waals surface area contributed by atoms with Crippen molar-refractivity contribution in [2.24, 2.45) is 0 Å². The minimum atomic E-state index is -0.510. The lowest BCUT2D eigenvalue weighted by molar-refractivity contribution is -0.148. The van der Waals surface area contributed by atoms with Crippen LogP contribution < -0.4 is 5.32 Å². The van der Waals surface area contributed by atoms with Crippen LogP contribution in [0.5, 0.6) is 0 Å². The van der Waals surface area contributed by atoms with Gasteiger partial charge in [-0.25, -0.2) is 4.79 Å². The third kappa shape index (κ3) is 4.19. The molecule has 2 atom stereocenters. The van der Waals surface area contributed by atoms with E-state index in [-0.39, 0.29) is 18.1 Å². The van der Waals surface area contributed by atoms with Crippen LogP contribution in [0.15, 0.2) is 30.3 Å². The van der Waals surface area contributed by atoms with Gasteiger partial charge in [0.1, 0.15) is 12.1 Å². The molecule has 1 fully saturated rings. The van der Waals surface area contributed by atoms with E-state index in [9.17, 15) is 9.59 Å². The van der Waals surface area contributed by atoms with Gasteiger partial charge in [-0.1, -0.05) is 18.2 Å². The molecule has 0 aromatic heterocycles. The number of rotatable bonds is 4. The largest absolute Gasteiger partial charge is 0.465 e. The summed E-state index contributed by atoms with van der Waals surface area (Å²) in [6, 6.07) is 8.74. The molecule has 1 aromatic rings. The Bertz CT molecular complexity index is 492. The second-order valence-electron chi connectivity index (χ2n) is 4.96. The Morgan fingerprint density at radius 1 is 1.33 bits per heavy atom. The Kier molecular flexibility index (Phi) is 5.16. The average molecular weight is 292 g/mol. The Hall–Kier alpha value is -2.08. The molecule has 1 saturated heterocycles. The predicted octanol–water partition coefficient (Wildman–Crippen LogP) is 1.87. The maximum Gasteiger partial charge on any atom is 0.411 e. The highest BCUT2D eigenvalue weighted by Crippen LogP contribution is 2.20. The molecule has 1 N–H and O–H groups in total. The molecule has 1 aliphatic heterocycles. The van der Waals surface area contributed by atoms with Gasteiger partial charge < -0.3 is 9.47 Å². The number of carbonyl (C=O) groups excluding carboxylic acids is 2. The molecule has 114 valence electrons. The lowest BCUT2D eigenvalue weighted by Gasteiger charge is -2.16. The number of amides is 1. The standard InChI is InChI=1S/C15H20N2O4/c1-3-20-14(18)13-9-12(10-17(13)2)21-15(19)16-11-7-5-4-6-8-11/h4-8,12-13H,3,9-10H2,1-2H3,(H,16,19). The summed E-state index contributed by atoms with van der Waals surface area (Å²) >= 11 is 0. The van der Waals surface area contributed by atoms with E-state index in [1.807, 2.05) is 30.1 Å². The number of nitrogens with zero attached hydrogens (tertiary/aromatic N) is 1. The third-order valence-corrected chi connectivity index (χ3v) is 3.36. The lowest BCUT2D eigenvalue weighted by Crippen LogP contribution is -2.34. The molecular weight excluding hydrogens is 272 g/mol. The monoisotopic (exact) mass is 292 g/mol. The molecule has 2 unspecified atom stereocenters. The van der Waals surface area contributed by atoms with Crippen LogP contribution in [-0.2, 0) is 14.3 Å². The van der Waals surface area contributed by atoms with Gasteiger partial charge in [0.25, 0.3) is 0 Å². The van der Waals surface area contributed by atoms with Gasteiger partial charge in [-0.3, -0.25) is 15.0 Å². The lowest BCUT2D eigenvalue weighted by atomic mass is 10.2. The van der Waals surface area contributed by atoms with E-state index in [0.29, 0.717) is 25.3 Å². The van der Waals surface area contributed by atoms with E-state index < -0.39 is 6.09 Å². The zero-order valence-corrected chi connectivity index (χ0v) is 12.2. The van der Waals surface area contributed by atoms with E-state index in [1.54, 1.807) is 19.1 Å². The number of ether oxygens (including phenoxy) is 2. The van der Waals surface area contributed by atoms with Crippen molar-refractivity contribution in [1.29, 1.82) is 0 Å². The van der Waals surface area contributed by atoms with Crippen LogP contribution in [-0.4, -0.2) is 49.3 Å². The second-order valence-corrected chi connectivity index (χ2v) is 4.96. The first-order valence-electron chi connectivity index (χ1n) is 6.99. The number of para-hydroxylation sites is 1. The van der Waals surface area contributed by atoms with Crippen molar-refractivity contribution in [3.8, 4) is 0 Å². The number of likely N-dealkylation sites (N-methyl/N-ethyl adjacent to an activating group) is 1. The van der Waals surface area contributed by atoms with Crippen molar-refractivity contribution >= 4 is 17.7 Å². The second kappa shape index (κ2) is 7.08. The van der Waals surface area contributed by atoms with Gasteiger partial charge in [0.2, 0.25) is 0 Å². The van der Waals surface area contributed by atoms with Crippen LogP contribution in [0.4, 0.5) is 10.5 Å². The van der Waals surface area contributed by atoms with Crippen LogP contribution in [0, 0.1) is 0 Å². The summed E-state index contributed by atoms with van der Waals surface area (Å²) in [6.07, 6.45) is -0.366. The topological polar surface area (TPSA) is 67.9 Å². The zero-order valence-electron chi connectivity index (χ0n) is 12.2. The van der Waals surface area contributed by atoms with Crippen molar-refractivity contribution in [2.45, 2.75) is 25.5 Å². The minimum Gasteiger partial charge on any atom is -0.465 e. The van der Waals surface area contributed by atoms with Crippen LogP contribution in [0.3, 0.4) is 0 Å². The summed E-state index contributed by atoms with van der Waals surface area (Å²) in [6.45, 7) is 2.64. The van der Waals surface area contributed by atoms with Gasteiger partial charge in [-0.15, -0.1) is 0 Å². The molecule has 1 heterocycles. The Labute approximate surface area is 124 Å². The highest BCUT2D eigenvalue weighted by atomic mass is 16.6. The predicted molar refractivity (Wildman–Crippen MR) is 78.0 cm³/mol. The summed E-state index contributed by atoms with van der Waals surface area (Å²) in [5.41, 5.74) is 0.677. The Morgan fingerprint density at radius 2 is 2.05 bits per heavy atom. The molecule has 0 saturated carbocycles. The van der Waals surface area contributed by atoms with Crippen molar-refractivity contribution in [3.63, 3.8) is 0 Å². The fourth-order valence-corrected chi connectivity index (χ4v) is 2.37. The van der Waals surface area contributed by atoms with Gasteiger partial charge in [0, 0.05) is 18.7 Å². The van der Waals surface area contributed by atoms with E-state index in [0.717, 1.165) is 0 Å². The molecule has 0 aliphatic carbocycles. The number of likely N-dealkylation sites (tertiary alicyclic amines) is 1. The first kappa shape index (κ1) is 15.3. The third-order valence-electron chi connectivity index (χ3n) is 3.36. The molecule has 0 radical (unpaired) electrons. The van der Waals surface area contributed by atoms with E-state index in [1.165, 1.54) is 0 Å². The van der Waals surface area contributed by atoms with Crippen LogP contribution in [0.25, 0.3) is 0 Å². The van der Waals surface area contributed by atoms with E-state index in [4.69, 9.17) is 9.47 Å². The molecule has 6 heteroatoms. The fourth-order valence-electron chi connectivity index (χ4n) is 2.37. The number of anilines is 1. The average Bonchev–Trinajstić information content (AvgIpc) is 2.80. The smallest absolute Gasteiger partial charge is 0.411 e. The summed E-state index contributed by atoms with van der Waals surface area (Å²) in [5, 5.41) is 2.66. The first-order chi connectivity index (χ1) is 10.1. The Morgan fingerprint density at radius 3 is 2.71 bits per heavy atom. The highest BCUT2D eigenvalue weighted by molar-refractivity contribution is 5.84. The first-order valence-corrected chi connectivity index (χ1v) is 6.99. The van der Waals surface area contributed by atoms with Gasteiger partial charge >= 0.3 is 12.1 Å². The highest BCUT2D eigenvalue weighted by Gasteiger charge is 2.37. The van der Waals surface area contributed by atoms with Crippen molar-refractivity contribution in [3.05, 3.63) is 30.3 Å². The summed E-state index contributed by atoms with van der Waals surface area (Å²) < 4.78 is 10.4. The number of benzene rings is 1. The van der Waals surface area contributed by atoms with Crippen LogP contribution in [0.1, 0.15) is 13.3 Å². The Balaban J connectivity index is 1.84. The molecule has 21 heavy (non-hydrogen) atoms. The molecule has 0 bridgehead atoms. The van der Waals surface area contributed by atoms with Crippen molar-refractivity contribution in [1.82, 2.24) is 4.90 Å². The maximum absolute atomic E-state index is 11.8. The molecule has 0 spiro atoms. The van der Waals surface area contributed by atoms with Gasteiger partial charge in [-0.2, -0.15) is 0 Å². The number of hydrogen-bond acceptors (Lipinski definition) is 5. The van der Waals surface area contributed by atoms with Gasteiger partial charge in [-0.05, 0) is 26.1 Å². The summed E-state index contributed by atoms with van der Waals surface area (Å²) in [4.78, 5) is 25.4. The molecule has 1 amide bonds. The molecule has 6 nitrogen and oxygen atoms in total. The van der Waals surface area contributed by atoms with Crippen LogP contribution in [0.2, 0.25) is 0 Å². The number of hydrogen-bond donors (Lipinski definition) is 1. The van der Waals surface area contributed by atoms with Gasteiger partial charge in [0.05, 0.1) is 6.61 Å². The molecule has 1 aliphatic rings. The molecular formula is C15H20N2O4. The van der Waals surface area contributed by atoms with Crippen LogP contribution >= 0.6 is 0 Å². The molecule has 2 rings (SSSR count). The van der Waals surface area contributed by atoms with E-state index >= 15 is 0 Å². The van der Waals surface area contributed by atoms with Gasteiger partial charge in [0.15, 0.2) is 0 Å². The number of carbonyl (C=O) groups is 2.